The summed E-state index contributed by atoms with van der Waals surface area (Å²) in [6.45, 7) is 8.45. The summed E-state index contributed by atoms with van der Waals surface area (Å²) in [6, 6.07) is 8.48. The van der Waals surface area contributed by atoms with Gasteiger partial charge in [-0.05, 0) is 63.9 Å². The molecule has 0 spiro atoms. The highest BCUT2D eigenvalue weighted by Gasteiger charge is 1.98. The Hall–Kier alpha value is -1.02. The van der Waals surface area contributed by atoms with Crippen LogP contribution in [0.3, 0.4) is 0 Å². The smallest absolute Gasteiger partial charge is 0.119 e. The summed E-state index contributed by atoms with van der Waals surface area (Å²) in [5, 5.41) is 3.35. The van der Waals surface area contributed by atoms with Gasteiger partial charge in [-0.2, -0.15) is 0 Å². The van der Waals surface area contributed by atoms with Crippen molar-refractivity contribution in [3.8, 4) is 5.75 Å². The topological polar surface area (TPSA) is 21.3 Å². The van der Waals surface area contributed by atoms with Crippen LogP contribution in [0.4, 0.5) is 0 Å². The normalized spacial score (nSPS) is 10.8. The molecule has 0 radical (unpaired) electrons. The molecule has 0 saturated heterocycles. The van der Waals surface area contributed by atoms with Crippen molar-refractivity contribution >= 4 is 0 Å². The number of nitrogens with one attached hydrogen (secondary N) is 1. The average Bonchev–Trinajstić information content (AvgIpc) is 2.30. The minimum atomic E-state index is 0.251. The minimum Gasteiger partial charge on any atom is -0.491 e. The Bertz CT molecular complexity index is 292. The van der Waals surface area contributed by atoms with Gasteiger partial charge in [-0.1, -0.05) is 19.1 Å². The molecular weight excluding hydrogens is 210 g/mol. The molecule has 0 bridgehead atoms. The van der Waals surface area contributed by atoms with Gasteiger partial charge in [-0.15, -0.1) is 0 Å². The van der Waals surface area contributed by atoms with Gasteiger partial charge in [0.25, 0.3) is 0 Å². The van der Waals surface area contributed by atoms with Gasteiger partial charge in [0.05, 0.1) is 6.10 Å². The highest BCUT2D eigenvalue weighted by Crippen LogP contribution is 2.15. The van der Waals surface area contributed by atoms with E-state index in [0.29, 0.717) is 0 Å². The van der Waals surface area contributed by atoms with Crippen LogP contribution >= 0.6 is 0 Å². The van der Waals surface area contributed by atoms with Crippen molar-refractivity contribution in [3.05, 3.63) is 29.8 Å². The molecule has 0 fully saturated rings. The van der Waals surface area contributed by atoms with Crippen LogP contribution in [-0.4, -0.2) is 19.2 Å². The van der Waals surface area contributed by atoms with Crippen LogP contribution in [0.2, 0.25) is 0 Å². The first-order valence-corrected chi connectivity index (χ1v) is 6.68. The first-order chi connectivity index (χ1) is 8.22. The average molecular weight is 235 g/mol. The highest BCUT2D eigenvalue weighted by molar-refractivity contribution is 5.27. The van der Waals surface area contributed by atoms with Crippen LogP contribution < -0.4 is 10.1 Å². The molecule has 0 atom stereocenters. The second-order valence-corrected chi connectivity index (χ2v) is 4.62. The molecule has 1 aromatic rings. The van der Waals surface area contributed by atoms with Crippen LogP contribution in [0.25, 0.3) is 0 Å². The molecule has 0 heterocycles. The molecule has 96 valence electrons. The molecule has 0 aromatic heterocycles. The zero-order valence-electron chi connectivity index (χ0n) is 11.3. The Morgan fingerprint density at radius 1 is 1.12 bits per heavy atom. The van der Waals surface area contributed by atoms with Crippen LogP contribution in [0, 0.1) is 0 Å². The third-order valence-corrected chi connectivity index (χ3v) is 2.61. The van der Waals surface area contributed by atoms with E-state index in [9.17, 15) is 0 Å². The summed E-state index contributed by atoms with van der Waals surface area (Å²) >= 11 is 0. The summed E-state index contributed by atoms with van der Waals surface area (Å²) in [5.41, 5.74) is 1.40. The maximum atomic E-state index is 5.62. The Kier molecular flexibility index (Phi) is 6.71. The lowest BCUT2D eigenvalue weighted by Gasteiger charge is -2.10. The summed E-state index contributed by atoms with van der Waals surface area (Å²) in [4.78, 5) is 0. The minimum absolute atomic E-state index is 0.251. The van der Waals surface area contributed by atoms with Gasteiger partial charge in [0.15, 0.2) is 0 Å². The third kappa shape index (κ3) is 6.32. The van der Waals surface area contributed by atoms with Gasteiger partial charge in [0.2, 0.25) is 0 Å². The molecule has 1 rings (SSSR count). The number of hydrogen-bond donors (Lipinski definition) is 1. The van der Waals surface area contributed by atoms with Gasteiger partial charge in [-0.3, -0.25) is 0 Å². The maximum absolute atomic E-state index is 5.62. The van der Waals surface area contributed by atoms with Crippen molar-refractivity contribution in [1.29, 1.82) is 0 Å². The predicted octanol–water partition coefficient (Wildman–Crippen LogP) is 3.41. The van der Waals surface area contributed by atoms with E-state index in [1.807, 2.05) is 0 Å². The lowest BCUT2D eigenvalue weighted by Crippen LogP contribution is -2.13. The fraction of sp³-hybridized carbons (Fsp3) is 0.600. The Morgan fingerprint density at radius 2 is 1.82 bits per heavy atom. The number of unbranched alkanes of at least 4 members (excludes halogenated alkanes) is 1. The molecule has 2 nitrogen and oxygen atoms in total. The van der Waals surface area contributed by atoms with E-state index in [4.69, 9.17) is 4.74 Å². The number of benzene rings is 1. The van der Waals surface area contributed by atoms with Crippen molar-refractivity contribution in [2.75, 3.05) is 13.1 Å². The second kappa shape index (κ2) is 8.13. The number of hydrogen-bond acceptors (Lipinski definition) is 2. The van der Waals surface area contributed by atoms with Crippen molar-refractivity contribution in [3.63, 3.8) is 0 Å². The van der Waals surface area contributed by atoms with Gasteiger partial charge in [-0.25, -0.2) is 0 Å². The number of ether oxygens (including phenoxy) is 1. The number of aryl methyl sites for hydroxylation is 1. The quantitative estimate of drug-likeness (QED) is 0.697. The monoisotopic (exact) mass is 235 g/mol. The van der Waals surface area contributed by atoms with E-state index in [1.54, 1.807) is 0 Å². The van der Waals surface area contributed by atoms with E-state index >= 15 is 0 Å². The molecule has 2 heteroatoms. The summed E-state index contributed by atoms with van der Waals surface area (Å²) in [5.74, 6) is 0.969. The fourth-order valence-electron chi connectivity index (χ4n) is 1.76. The fourth-order valence-corrected chi connectivity index (χ4v) is 1.76. The molecular formula is C15H25NO. The van der Waals surface area contributed by atoms with Crippen LogP contribution in [-0.2, 0) is 6.42 Å². The van der Waals surface area contributed by atoms with Crippen molar-refractivity contribution < 1.29 is 4.74 Å². The van der Waals surface area contributed by atoms with E-state index in [1.165, 1.54) is 18.4 Å². The molecule has 0 aliphatic rings. The largest absolute Gasteiger partial charge is 0.491 e. The van der Waals surface area contributed by atoms with Crippen LogP contribution in [0.5, 0.6) is 5.75 Å². The van der Waals surface area contributed by atoms with Crippen molar-refractivity contribution in [1.82, 2.24) is 5.32 Å². The molecule has 0 aliphatic heterocycles. The van der Waals surface area contributed by atoms with Gasteiger partial charge >= 0.3 is 0 Å². The zero-order valence-corrected chi connectivity index (χ0v) is 11.3. The molecule has 0 amide bonds. The molecule has 0 saturated carbocycles. The first kappa shape index (κ1) is 14.0. The second-order valence-electron chi connectivity index (χ2n) is 4.62. The molecule has 0 unspecified atom stereocenters. The molecule has 17 heavy (non-hydrogen) atoms. The lowest BCUT2D eigenvalue weighted by atomic mass is 10.1. The maximum Gasteiger partial charge on any atom is 0.119 e. The van der Waals surface area contributed by atoms with Gasteiger partial charge in [0.1, 0.15) is 5.75 Å². The molecule has 0 aliphatic carbocycles. The highest BCUT2D eigenvalue weighted by atomic mass is 16.5. The molecule has 1 N–H and O–H groups in total. The summed E-state index contributed by atoms with van der Waals surface area (Å²) < 4.78 is 5.62. The number of rotatable bonds is 8. The van der Waals surface area contributed by atoms with E-state index < -0.39 is 0 Å². The summed E-state index contributed by atoms with van der Waals surface area (Å²) in [7, 11) is 0. The first-order valence-electron chi connectivity index (χ1n) is 6.68. The Balaban J connectivity index is 2.25. The van der Waals surface area contributed by atoms with E-state index in [0.717, 1.165) is 25.3 Å². The SMILES string of the molecule is CCNCCCCc1ccc(OC(C)C)cc1. The standard InChI is InChI=1S/C15H25NO/c1-4-16-12-6-5-7-14-8-10-15(11-9-14)17-13(2)3/h8-11,13,16H,4-7,12H2,1-3H3. The Morgan fingerprint density at radius 3 is 2.41 bits per heavy atom. The molecule has 1 aromatic carbocycles. The Labute approximate surface area is 105 Å². The van der Waals surface area contributed by atoms with Crippen LogP contribution in [0.1, 0.15) is 39.2 Å². The van der Waals surface area contributed by atoms with Gasteiger partial charge in [0, 0.05) is 0 Å². The van der Waals surface area contributed by atoms with E-state index in [2.05, 4.69) is 50.4 Å². The third-order valence-electron chi connectivity index (χ3n) is 2.61. The zero-order chi connectivity index (χ0) is 12.5. The van der Waals surface area contributed by atoms with E-state index in [-0.39, 0.29) is 6.10 Å². The van der Waals surface area contributed by atoms with Gasteiger partial charge < -0.3 is 10.1 Å². The predicted molar refractivity (Wildman–Crippen MR) is 73.7 cm³/mol. The van der Waals surface area contributed by atoms with Crippen LogP contribution in [0.15, 0.2) is 24.3 Å². The lowest BCUT2D eigenvalue weighted by molar-refractivity contribution is 0.242. The summed E-state index contributed by atoms with van der Waals surface area (Å²) in [6.07, 6.45) is 3.91. The van der Waals surface area contributed by atoms with Crippen molar-refractivity contribution in [2.45, 2.75) is 46.1 Å². The van der Waals surface area contributed by atoms with Crippen molar-refractivity contribution in [2.24, 2.45) is 0 Å².